The largest absolute Gasteiger partial charge is 0.325 e. The molecule has 0 saturated carbocycles. The second-order valence-electron chi connectivity index (χ2n) is 3.30. The summed E-state index contributed by atoms with van der Waals surface area (Å²) in [5, 5.41) is 8.42. The number of nitrogens with zero attached hydrogens (tertiary/aromatic N) is 3. The van der Waals surface area contributed by atoms with Crippen LogP contribution in [0.5, 0.6) is 0 Å². The van der Waals surface area contributed by atoms with E-state index in [-0.39, 0.29) is 0 Å². The molecule has 5 heteroatoms. The third kappa shape index (κ3) is 1.86. The van der Waals surface area contributed by atoms with Crippen molar-refractivity contribution in [1.29, 1.82) is 0 Å². The van der Waals surface area contributed by atoms with Gasteiger partial charge in [0.25, 0.3) is 0 Å². The minimum Gasteiger partial charge on any atom is -0.325 e. The summed E-state index contributed by atoms with van der Waals surface area (Å²) in [6, 6.07) is 5.75. The first-order chi connectivity index (χ1) is 7.22. The minimum absolute atomic E-state index is 0.386. The van der Waals surface area contributed by atoms with E-state index < -0.39 is 0 Å². The first kappa shape index (κ1) is 10.1. The van der Waals surface area contributed by atoms with Gasteiger partial charge in [-0.15, -0.1) is 5.10 Å². The number of halogens is 1. The van der Waals surface area contributed by atoms with Gasteiger partial charge in [0, 0.05) is 6.54 Å². The molecule has 2 rings (SSSR count). The summed E-state index contributed by atoms with van der Waals surface area (Å²) in [6.45, 7) is 2.39. The molecule has 0 bridgehead atoms. The maximum absolute atomic E-state index is 6.09. The van der Waals surface area contributed by atoms with Crippen molar-refractivity contribution in [3.8, 4) is 5.69 Å². The molecule has 0 unspecified atom stereocenters. The highest BCUT2D eigenvalue weighted by molar-refractivity contribution is 6.32. The number of hydrogen-bond donors (Lipinski definition) is 1. The Kier molecular flexibility index (Phi) is 2.70. The monoisotopic (exact) mass is 222 g/mol. The molecule has 2 N–H and O–H groups in total. The van der Waals surface area contributed by atoms with Crippen molar-refractivity contribution in [3.63, 3.8) is 0 Å². The standard InChI is InChI=1S/C10H11ClN4/c1-7-2-3-9(11)10(4-7)15-8(5-12)6-13-14-15/h2-4,6H,5,12H2,1H3. The van der Waals surface area contributed by atoms with Crippen molar-refractivity contribution in [3.05, 3.63) is 40.7 Å². The molecule has 0 spiro atoms. The van der Waals surface area contributed by atoms with E-state index in [0.717, 1.165) is 16.9 Å². The van der Waals surface area contributed by atoms with Crippen LogP contribution < -0.4 is 5.73 Å². The van der Waals surface area contributed by atoms with E-state index in [4.69, 9.17) is 17.3 Å². The van der Waals surface area contributed by atoms with Gasteiger partial charge in [-0.05, 0) is 24.6 Å². The zero-order valence-electron chi connectivity index (χ0n) is 8.31. The van der Waals surface area contributed by atoms with E-state index in [1.165, 1.54) is 0 Å². The third-order valence-corrected chi connectivity index (χ3v) is 2.48. The summed E-state index contributed by atoms with van der Waals surface area (Å²) in [5.74, 6) is 0. The van der Waals surface area contributed by atoms with Crippen molar-refractivity contribution in [1.82, 2.24) is 15.0 Å². The van der Waals surface area contributed by atoms with Gasteiger partial charge in [-0.2, -0.15) is 0 Å². The van der Waals surface area contributed by atoms with Crippen molar-refractivity contribution < 1.29 is 0 Å². The number of hydrogen-bond acceptors (Lipinski definition) is 3. The second-order valence-corrected chi connectivity index (χ2v) is 3.70. The zero-order chi connectivity index (χ0) is 10.8. The highest BCUT2D eigenvalue weighted by atomic mass is 35.5. The lowest BCUT2D eigenvalue weighted by atomic mass is 10.2. The maximum atomic E-state index is 6.09. The predicted octanol–water partition coefficient (Wildman–Crippen LogP) is 1.69. The van der Waals surface area contributed by atoms with Gasteiger partial charge in [-0.25, -0.2) is 4.68 Å². The van der Waals surface area contributed by atoms with Gasteiger partial charge in [-0.1, -0.05) is 22.9 Å². The molecule has 2 aromatic rings. The first-order valence-corrected chi connectivity index (χ1v) is 4.96. The van der Waals surface area contributed by atoms with Crippen molar-refractivity contribution in [2.45, 2.75) is 13.5 Å². The number of aromatic nitrogens is 3. The van der Waals surface area contributed by atoms with Crippen molar-refractivity contribution >= 4 is 11.6 Å². The van der Waals surface area contributed by atoms with E-state index in [0.29, 0.717) is 11.6 Å². The molecule has 0 radical (unpaired) electrons. The molecule has 0 amide bonds. The maximum Gasteiger partial charge on any atom is 0.0856 e. The third-order valence-electron chi connectivity index (χ3n) is 2.16. The number of benzene rings is 1. The summed E-state index contributed by atoms with van der Waals surface area (Å²) < 4.78 is 1.66. The summed E-state index contributed by atoms with van der Waals surface area (Å²) in [7, 11) is 0. The predicted molar refractivity (Wildman–Crippen MR) is 59.0 cm³/mol. The quantitative estimate of drug-likeness (QED) is 0.841. The van der Waals surface area contributed by atoms with E-state index in [2.05, 4.69) is 10.3 Å². The SMILES string of the molecule is Cc1ccc(Cl)c(-n2nncc2CN)c1. The van der Waals surface area contributed by atoms with Crippen LogP contribution in [0.4, 0.5) is 0 Å². The molecule has 4 nitrogen and oxygen atoms in total. The topological polar surface area (TPSA) is 56.7 Å². The van der Waals surface area contributed by atoms with Gasteiger partial charge >= 0.3 is 0 Å². The fourth-order valence-electron chi connectivity index (χ4n) is 1.38. The van der Waals surface area contributed by atoms with Crippen LogP contribution in [-0.4, -0.2) is 15.0 Å². The van der Waals surface area contributed by atoms with Crippen LogP contribution in [0.25, 0.3) is 5.69 Å². The van der Waals surface area contributed by atoms with E-state index in [9.17, 15) is 0 Å². The second kappa shape index (κ2) is 4.00. The summed E-state index contributed by atoms with van der Waals surface area (Å²) >= 11 is 6.09. The van der Waals surface area contributed by atoms with Crippen LogP contribution in [0.1, 0.15) is 11.3 Å². The molecule has 15 heavy (non-hydrogen) atoms. The molecule has 78 valence electrons. The Balaban J connectivity index is 2.58. The van der Waals surface area contributed by atoms with Crippen LogP contribution >= 0.6 is 11.6 Å². The van der Waals surface area contributed by atoms with E-state index >= 15 is 0 Å². The van der Waals surface area contributed by atoms with Crippen molar-refractivity contribution in [2.24, 2.45) is 5.73 Å². The van der Waals surface area contributed by atoms with Crippen LogP contribution in [0.3, 0.4) is 0 Å². The van der Waals surface area contributed by atoms with Gasteiger partial charge in [-0.3, -0.25) is 0 Å². The Morgan fingerprint density at radius 1 is 1.47 bits per heavy atom. The molecular weight excluding hydrogens is 212 g/mol. The molecule has 0 atom stereocenters. The van der Waals surface area contributed by atoms with Gasteiger partial charge in [0.2, 0.25) is 0 Å². The highest BCUT2D eigenvalue weighted by Crippen LogP contribution is 2.21. The lowest BCUT2D eigenvalue weighted by Crippen LogP contribution is -2.07. The Morgan fingerprint density at radius 2 is 2.27 bits per heavy atom. The smallest absolute Gasteiger partial charge is 0.0856 e. The molecule has 0 aliphatic carbocycles. The summed E-state index contributed by atoms with van der Waals surface area (Å²) in [5.41, 5.74) is 8.35. The number of nitrogens with two attached hydrogens (primary N) is 1. The Bertz CT molecular complexity index is 478. The highest BCUT2D eigenvalue weighted by Gasteiger charge is 2.08. The first-order valence-electron chi connectivity index (χ1n) is 4.58. The van der Waals surface area contributed by atoms with Crippen LogP contribution in [0.2, 0.25) is 5.02 Å². The molecule has 1 aromatic carbocycles. The van der Waals surface area contributed by atoms with Crippen LogP contribution in [-0.2, 0) is 6.54 Å². The van der Waals surface area contributed by atoms with E-state index in [1.807, 2.05) is 25.1 Å². The fraction of sp³-hybridized carbons (Fsp3) is 0.200. The average Bonchev–Trinajstić information content (AvgIpc) is 2.69. The van der Waals surface area contributed by atoms with Crippen molar-refractivity contribution in [2.75, 3.05) is 0 Å². The number of rotatable bonds is 2. The van der Waals surface area contributed by atoms with Gasteiger partial charge < -0.3 is 5.73 Å². The normalized spacial score (nSPS) is 10.6. The lowest BCUT2D eigenvalue weighted by Gasteiger charge is -2.07. The van der Waals surface area contributed by atoms with Gasteiger partial charge in [0.05, 0.1) is 22.6 Å². The molecule has 0 aliphatic heterocycles. The summed E-state index contributed by atoms with van der Waals surface area (Å²) in [6.07, 6.45) is 1.64. The molecule has 0 saturated heterocycles. The van der Waals surface area contributed by atoms with Gasteiger partial charge in [0.15, 0.2) is 0 Å². The zero-order valence-corrected chi connectivity index (χ0v) is 9.07. The lowest BCUT2D eigenvalue weighted by molar-refractivity contribution is 0.761. The minimum atomic E-state index is 0.386. The Morgan fingerprint density at radius 3 is 3.00 bits per heavy atom. The Labute approximate surface area is 92.7 Å². The average molecular weight is 223 g/mol. The van der Waals surface area contributed by atoms with E-state index in [1.54, 1.807) is 10.9 Å². The molecule has 0 aliphatic rings. The molecule has 1 heterocycles. The number of aryl methyl sites for hydroxylation is 1. The summed E-state index contributed by atoms with van der Waals surface area (Å²) in [4.78, 5) is 0. The van der Waals surface area contributed by atoms with Crippen LogP contribution in [0, 0.1) is 6.92 Å². The fourth-order valence-corrected chi connectivity index (χ4v) is 1.58. The van der Waals surface area contributed by atoms with Crippen LogP contribution in [0.15, 0.2) is 24.4 Å². The molecule has 1 aromatic heterocycles. The molecular formula is C10H11ClN4. The Hall–Kier alpha value is -1.39. The van der Waals surface area contributed by atoms with Gasteiger partial charge in [0.1, 0.15) is 0 Å². The molecule has 0 fully saturated rings.